The molecule has 4 nitrogen and oxygen atoms in total. The average Bonchev–Trinajstić information content (AvgIpc) is 2.89. The van der Waals surface area contributed by atoms with Crippen molar-refractivity contribution in [2.45, 2.75) is 13.0 Å². The van der Waals surface area contributed by atoms with Gasteiger partial charge in [0.2, 0.25) is 0 Å². The fraction of sp³-hybridized carbons (Fsp3) is 0.125. The number of halogens is 1. The van der Waals surface area contributed by atoms with Crippen molar-refractivity contribution in [3.8, 4) is 11.4 Å². The predicted octanol–water partition coefficient (Wildman–Crippen LogP) is 3.94. The van der Waals surface area contributed by atoms with Crippen molar-refractivity contribution in [3.05, 3.63) is 53.1 Å². The van der Waals surface area contributed by atoms with Crippen LogP contribution in [-0.4, -0.2) is 20.5 Å². The van der Waals surface area contributed by atoms with E-state index in [0.717, 1.165) is 40.2 Å². The summed E-state index contributed by atoms with van der Waals surface area (Å²) in [5.41, 5.74) is 4.65. The third kappa shape index (κ3) is 1.83. The summed E-state index contributed by atoms with van der Waals surface area (Å²) < 4.78 is 2.18. The summed E-state index contributed by atoms with van der Waals surface area (Å²) in [6, 6.07) is 13.6. The molecule has 0 atom stereocenters. The van der Waals surface area contributed by atoms with Crippen molar-refractivity contribution in [3.63, 3.8) is 0 Å². The van der Waals surface area contributed by atoms with Crippen molar-refractivity contribution in [1.82, 2.24) is 9.55 Å². The first-order valence-corrected chi connectivity index (χ1v) is 7.12. The van der Waals surface area contributed by atoms with Crippen LogP contribution in [0.25, 0.3) is 22.4 Å². The monoisotopic (exact) mass is 297 g/mol. The van der Waals surface area contributed by atoms with Gasteiger partial charge in [0.25, 0.3) is 0 Å². The fourth-order valence-corrected chi connectivity index (χ4v) is 3.04. The molecule has 21 heavy (non-hydrogen) atoms. The van der Waals surface area contributed by atoms with E-state index in [9.17, 15) is 0 Å². The molecule has 0 amide bonds. The second kappa shape index (κ2) is 4.60. The number of para-hydroxylation sites is 1. The summed E-state index contributed by atoms with van der Waals surface area (Å²) in [7, 11) is 0. The lowest BCUT2D eigenvalue weighted by molar-refractivity contribution is 0.317. The van der Waals surface area contributed by atoms with Crippen molar-refractivity contribution in [2.75, 3.05) is 0 Å². The molecule has 1 aromatic heterocycles. The molecule has 5 heteroatoms. The number of rotatable bonds is 1. The van der Waals surface area contributed by atoms with Crippen LogP contribution < -0.4 is 0 Å². The quantitative estimate of drug-likeness (QED) is 0.546. The molecule has 0 bridgehead atoms. The minimum Gasteiger partial charge on any atom is -0.411 e. The van der Waals surface area contributed by atoms with Crippen molar-refractivity contribution < 1.29 is 5.21 Å². The van der Waals surface area contributed by atoms with Gasteiger partial charge in [0, 0.05) is 29.1 Å². The normalized spacial score (nSPS) is 15.8. The first-order chi connectivity index (χ1) is 10.3. The molecule has 4 rings (SSSR count). The van der Waals surface area contributed by atoms with E-state index in [0.29, 0.717) is 11.4 Å². The molecule has 3 aromatic rings. The third-order valence-corrected chi connectivity index (χ3v) is 4.12. The van der Waals surface area contributed by atoms with E-state index in [1.54, 1.807) is 0 Å². The van der Waals surface area contributed by atoms with Gasteiger partial charge in [0.05, 0.1) is 16.7 Å². The largest absolute Gasteiger partial charge is 0.411 e. The second-order valence-corrected chi connectivity index (χ2v) is 5.50. The maximum atomic E-state index is 9.17. The van der Waals surface area contributed by atoms with E-state index < -0.39 is 0 Å². The molecule has 104 valence electrons. The Kier molecular flexibility index (Phi) is 2.72. The molecule has 0 fully saturated rings. The Hall–Kier alpha value is -2.33. The SMILES string of the molecule is ON=C1CCn2c(-c3ccc(Cl)cc3)nc3cccc1c32. The van der Waals surface area contributed by atoms with Crippen LogP contribution in [0.15, 0.2) is 47.6 Å². The average molecular weight is 298 g/mol. The Morgan fingerprint density at radius 2 is 1.95 bits per heavy atom. The van der Waals surface area contributed by atoms with Crippen LogP contribution in [0.3, 0.4) is 0 Å². The molecular formula is C16H12ClN3O. The lowest BCUT2D eigenvalue weighted by Gasteiger charge is -2.17. The highest BCUT2D eigenvalue weighted by atomic mass is 35.5. The zero-order chi connectivity index (χ0) is 14.4. The predicted molar refractivity (Wildman–Crippen MR) is 83.1 cm³/mol. The van der Waals surface area contributed by atoms with Crippen LogP contribution in [0.5, 0.6) is 0 Å². The number of aromatic nitrogens is 2. The molecule has 2 aromatic carbocycles. The van der Waals surface area contributed by atoms with Gasteiger partial charge in [0.1, 0.15) is 5.82 Å². The van der Waals surface area contributed by atoms with Crippen LogP contribution in [0.4, 0.5) is 0 Å². The van der Waals surface area contributed by atoms with Crippen LogP contribution in [0.2, 0.25) is 5.02 Å². The smallest absolute Gasteiger partial charge is 0.141 e. The first kappa shape index (κ1) is 12.4. The molecule has 0 spiro atoms. The number of hydrogen-bond acceptors (Lipinski definition) is 3. The molecule has 1 aliphatic rings. The van der Waals surface area contributed by atoms with Gasteiger partial charge in [-0.3, -0.25) is 0 Å². The Morgan fingerprint density at radius 1 is 1.14 bits per heavy atom. The number of imidazole rings is 1. The van der Waals surface area contributed by atoms with Gasteiger partial charge >= 0.3 is 0 Å². The van der Waals surface area contributed by atoms with Crippen LogP contribution in [0, 0.1) is 0 Å². The molecule has 1 N–H and O–H groups in total. The second-order valence-electron chi connectivity index (χ2n) is 5.06. The van der Waals surface area contributed by atoms with Gasteiger partial charge in [-0.05, 0) is 30.3 Å². The third-order valence-electron chi connectivity index (χ3n) is 3.87. The lowest BCUT2D eigenvalue weighted by atomic mass is 10.0. The van der Waals surface area contributed by atoms with Crippen LogP contribution >= 0.6 is 11.6 Å². The summed E-state index contributed by atoms with van der Waals surface area (Å²) in [4.78, 5) is 4.74. The van der Waals surface area contributed by atoms with Gasteiger partial charge in [-0.25, -0.2) is 4.98 Å². The number of benzene rings is 2. The molecule has 0 aliphatic carbocycles. The molecule has 0 saturated heterocycles. The molecule has 1 aliphatic heterocycles. The topological polar surface area (TPSA) is 50.4 Å². The fourth-order valence-electron chi connectivity index (χ4n) is 2.91. The Balaban J connectivity index is 2.01. The Morgan fingerprint density at radius 3 is 2.71 bits per heavy atom. The molecule has 2 heterocycles. The first-order valence-electron chi connectivity index (χ1n) is 6.74. The zero-order valence-corrected chi connectivity index (χ0v) is 11.9. The van der Waals surface area contributed by atoms with Gasteiger partial charge < -0.3 is 9.77 Å². The summed E-state index contributed by atoms with van der Waals surface area (Å²) >= 11 is 5.96. The number of nitrogens with zero attached hydrogens (tertiary/aromatic N) is 3. The summed E-state index contributed by atoms with van der Waals surface area (Å²) in [6.45, 7) is 0.755. The molecule has 0 unspecified atom stereocenters. The number of hydrogen-bond donors (Lipinski definition) is 1. The minimum atomic E-state index is 0.694. The van der Waals surface area contributed by atoms with Gasteiger partial charge in [-0.1, -0.05) is 28.9 Å². The van der Waals surface area contributed by atoms with Crippen molar-refractivity contribution in [2.24, 2.45) is 5.16 Å². The standard InChI is InChI=1S/C16H12ClN3O/c17-11-6-4-10(5-7-11)16-18-14-3-1-2-12-13(19-21)8-9-20(16)15(12)14/h1-7,21H,8-9H2. The van der Waals surface area contributed by atoms with Crippen molar-refractivity contribution >= 4 is 28.3 Å². The maximum Gasteiger partial charge on any atom is 0.141 e. The van der Waals surface area contributed by atoms with E-state index in [1.165, 1.54) is 0 Å². The van der Waals surface area contributed by atoms with Crippen LogP contribution in [0.1, 0.15) is 12.0 Å². The van der Waals surface area contributed by atoms with Crippen LogP contribution in [-0.2, 0) is 6.54 Å². The summed E-state index contributed by atoms with van der Waals surface area (Å²) in [6.07, 6.45) is 0.694. The highest BCUT2D eigenvalue weighted by molar-refractivity contribution is 6.30. The Bertz CT molecular complexity index is 865. The zero-order valence-electron chi connectivity index (χ0n) is 11.1. The number of aryl methyl sites for hydroxylation is 1. The highest BCUT2D eigenvalue weighted by Crippen LogP contribution is 2.31. The van der Waals surface area contributed by atoms with Crippen molar-refractivity contribution in [1.29, 1.82) is 0 Å². The van der Waals surface area contributed by atoms with E-state index in [-0.39, 0.29) is 0 Å². The van der Waals surface area contributed by atoms with Gasteiger partial charge in [-0.2, -0.15) is 0 Å². The van der Waals surface area contributed by atoms with E-state index in [2.05, 4.69) is 9.72 Å². The summed E-state index contributed by atoms with van der Waals surface area (Å²) in [5.74, 6) is 0.922. The minimum absolute atomic E-state index is 0.694. The van der Waals surface area contributed by atoms with Gasteiger partial charge in [0.15, 0.2) is 0 Å². The highest BCUT2D eigenvalue weighted by Gasteiger charge is 2.22. The molecule has 0 saturated carbocycles. The van der Waals surface area contributed by atoms with Gasteiger partial charge in [-0.15, -0.1) is 0 Å². The Labute approximate surface area is 126 Å². The van der Waals surface area contributed by atoms with E-state index in [4.69, 9.17) is 21.8 Å². The molecular weight excluding hydrogens is 286 g/mol. The number of oxime groups is 1. The van der Waals surface area contributed by atoms with E-state index >= 15 is 0 Å². The maximum absolute atomic E-state index is 9.17. The lowest BCUT2D eigenvalue weighted by Crippen LogP contribution is -2.15. The summed E-state index contributed by atoms with van der Waals surface area (Å²) in [5, 5.41) is 13.3. The molecule has 0 radical (unpaired) electrons. The van der Waals surface area contributed by atoms with E-state index in [1.807, 2.05) is 42.5 Å².